The molecule has 4 heteroatoms. The Hall–Kier alpha value is -1.00. The Morgan fingerprint density at radius 2 is 2.50 bits per heavy atom. The molecule has 0 bridgehead atoms. The second kappa shape index (κ2) is 4.89. The second-order valence-electron chi connectivity index (χ2n) is 3.66. The van der Waals surface area contributed by atoms with Gasteiger partial charge in [0.05, 0.1) is 6.04 Å². The van der Waals surface area contributed by atoms with Crippen molar-refractivity contribution in [3.05, 3.63) is 34.8 Å². The first kappa shape index (κ1) is 11.5. The maximum Gasteiger partial charge on any atom is 0.127 e. The van der Waals surface area contributed by atoms with Crippen molar-refractivity contribution in [3.63, 3.8) is 0 Å². The van der Waals surface area contributed by atoms with Crippen LogP contribution in [0.2, 0.25) is 0 Å². The van der Waals surface area contributed by atoms with Crippen LogP contribution in [0.1, 0.15) is 11.6 Å². The standard InChI is InChI=1S/C12H14BrNO2/c1-8(13)6-15-9-3-4-10-11(14-2)7-16-12(10)5-9/h3-5,11,14H,1,6-7H2,2H3. The summed E-state index contributed by atoms with van der Waals surface area (Å²) in [7, 11) is 1.93. The molecular formula is C12H14BrNO2. The van der Waals surface area contributed by atoms with Crippen LogP contribution in [0.5, 0.6) is 11.5 Å². The van der Waals surface area contributed by atoms with Crippen molar-refractivity contribution < 1.29 is 9.47 Å². The smallest absolute Gasteiger partial charge is 0.127 e. The number of nitrogens with one attached hydrogen (secondary N) is 1. The van der Waals surface area contributed by atoms with Crippen molar-refractivity contribution in [1.82, 2.24) is 5.32 Å². The number of hydrogen-bond acceptors (Lipinski definition) is 3. The monoisotopic (exact) mass is 283 g/mol. The van der Waals surface area contributed by atoms with Gasteiger partial charge in [0, 0.05) is 16.1 Å². The summed E-state index contributed by atoms with van der Waals surface area (Å²) >= 11 is 3.25. The van der Waals surface area contributed by atoms with Gasteiger partial charge in [-0.3, -0.25) is 0 Å². The maximum atomic E-state index is 5.57. The van der Waals surface area contributed by atoms with E-state index in [0.717, 1.165) is 16.0 Å². The highest BCUT2D eigenvalue weighted by atomic mass is 79.9. The minimum Gasteiger partial charge on any atom is -0.491 e. The highest BCUT2D eigenvalue weighted by molar-refractivity contribution is 9.11. The molecule has 1 aliphatic heterocycles. The normalized spacial score (nSPS) is 17.8. The Kier molecular flexibility index (Phi) is 3.51. The van der Waals surface area contributed by atoms with Crippen LogP contribution >= 0.6 is 15.9 Å². The summed E-state index contributed by atoms with van der Waals surface area (Å²) in [5.74, 6) is 1.70. The molecule has 1 aliphatic rings. The van der Waals surface area contributed by atoms with E-state index in [4.69, 9.17) is 9.47 Å². The van der Waals surface area contributed by atoms with Gasteiger partial charge in [-0.15, -0.1) is 0 Å². The summed E-state index contributed by atoms with van der Waals surface area (Å²) in [6, 6.07) is 6.20. The lowest BCUT2D eigenvalue weighted by atomic mass is 10.1. The molecule has 1 unspecified atom stereocenters. The van der Waals surface area contributed by atoms with Crippen molar-refractivity contribution in [2.24, 2.45) is 0 Å². The van der Waals surface area contributed by atoms with Gasteiger partial charge in [0.25, 0.3) is 0 Å². The van der Waals surface area contributed by atoms with Crippen LogP contribution in [0.25, 0.3) is 0 Å². The van der Waals surface area contributed by atoms with Gasteiger partial charge < -0.3 is 14.8 Å². The number of likely N-dealkylation sites (N-methyl/N-ethyl adjacent to an activating group) is 1. The van der Waals surface area contributed by atoms with Gasteiger partial charge >= 0.3 is 0 Å². The molecule has 0 saturated carbocycles. The minimum atomic E-state index is 0.287. The molecule has 1 heterocycles. The van der Waals surface area contributed by atoms with Crippen molar-refractivity contribution in [3.8, 4) is 11.5 Å². The highest BCUT2D eigenvalue weighted by Gasteiger charge is 2.22. The molecule has 2 rings (SSSR count). The van der Waals surface area contributed by atoms with Crippen LogP contribution in [0, 0.1) is 0 Å². The molecule has 0 fully saturated rings. The number of ether oxygens (including phenoxy) is 2. The number of benzene rings is 1. The molecule has 16 heavy (non-hydrogen) atoms. The van der Waals surface area contributed by atoms with E-state index in [1.807, 2.05) is 25.2 Å². The van der Waals surface area contributed by atoms with Crippen LogP contribution in [-0.4, -0.2) is 20.3 Å². The largest absolute Gasteiger partial charge is 0.491 e. The van der Waals surface area contributed by atoms with E-state index in [2.05, 4.69) is 27.8 Å². The van der Waals surface area contributed by atoms with E-state index < -0.39 is 0 Å². The van der Waals surface area contributed by atoms with Gasteiger partial charge in [0.2, 0.25) is 0 Å². The van der Waals surface area contributed by atoms with Crippen LogP contribution < -0.4 is 14.8 Å². The molecule has 0 spiro atoms. The molecule has 1 aromatic rings. The number of hydrogen-bond donors (Lipinski definition) is 1. The fourth-order valence-electron chi connectivity index (χ4n) is 1.68. The molecule has 1 N–H and O–H groups in total. The number of halogens is 1. The molecule has 86 valence electrons. The fourth-order valence-corrected chi connectivity index (χ4v) is 1.80. The van der Waals surface area contributed by atoms with Crippen molar-refractivity contribution >= 4 is 15.9 Å². The van der Waals surface area contributed by atoms with Gasteiger partial charge in [-0.2, -0.15) is 0 Å². The van der Waals surface area contributed by atoms with Gasteiger partial charge in [-0.25, -0.2) is 0 Å². The molecule has 1 aromatic carbocycles. The van der Waals surface area contributed by atoms with E-state index in [9.17, 15) is 0 Å². The molecule has 0 radical (unpaired) electrons. The van der Waals surface area contributed by atoms with Crippen molar-refractivity contribution in [1.29, 1.82) is 0 Å². The van der Waals surface area contributed by atoms with Gasteiger partial charge in [0.1, 0.15) is 24.7 Å². The Balaban J connectivity index is 2.12. The molecule has 3 nitrogen and oxygen atoms in total. The predicted molar refractivity (Wildman–Crippen MR) is 67.3 cm³/mol. The summed E-state index contributed by atoms with van der Waals surface area (Å²) in [6.07, 6.45) is 0. The molecule has 0 amide bonds. The molecule has 0 aliphatic carbocycles. The predicted octanol–water partition coefficient (Wildman–Crippen LogP) is 2.63. The van der Waals surface area contributed by atoms with E-state index in [1.165, 1.54) is 5.56 Å². The number of rotatable bonds is 4. The first-order chi connectivity index (χ1) is 7.70. The summed E-state index contributed by atoms with van der Waals surface area (Å²) in [4.78, 5) is 0. The Labute approximate surface area is 104 Å². The first-order valence-corrected chi connectivity index (χ1v) is 5.90. The maximum absolute atomic E-state index is 5.57. The lowest BCUT2D eigenvalue weighted by Gasteiger charge is -2.08. The Bertz CT molecular complexity index is 406. The highest BCUT2D eigenvalue weighted by Crippen LogP contribution is 2.35. The lowest BCUT2D eigenvalue weighted by Crippen LogP contribution is -2.17. The van der Waals surface area contributed by atoms with E-state index in [0.29, 0.717) is 13.2 Å². The topological polar surface area (TPSA) is 30.5 Å². The van der Waals surface area contributed by atoms with Crippen molar-refractivity contribution in [2.75, 3.05) is 20.3 Å². The molecule has 0 aromatic heterocycles. The zero-order valence-corrected chi connectivity index (χ0v) is 10.7. The van der Waals surface area contributed by atoms with E-state index in [-0.39, 0.29) is 6.04 Å². The summed E-state index contributed by atoms with van der Waals surface area (Å²) in [5.41, 5.74) is 1.19. The van der Waals surface area contributed by atoms with Crippen LogP contribution in [0.3, 0.4) is 0 Å². The summed E-state index contributed by atoms with van der Waals surface area (Å²) in [5, 5.41) is 3.20. The Morgan fingerprint density at radius 3 is 3.19 bits per heavy atom. The van der Waals surface area contributed by atoms with E-state index >= 15 is 0 Å². The van der Waals surface area contributed by atoms with Gasteiger partial charge in [-0.1, -0.05) is 22.5 Å². The van der Waals surface area contributed by atoms with Gasteiger partial charge in [0.15, 0.2) is 0 Å². The summed E-state index contributed by atoms with van der Waals surface area (Å²) < 4.78 is 11.9. The zero-order chi connectivity index (χ0) is 11.5. The average Bonchev–Trinajstić information content (AvgIpc) is 2.68. The molecular weight excluding hydrogens is 270 g/mol. The zero-order valence-electron chi connectivity index (χ0n) is 9.13. The average molecular weight is 284 g/mol. The lowest BCUT2D eigenvalue weighted by molar-refractivity contribution is 0.315. The quantitative estimate of drug-likeness (QED) is 0.922. The van der Waals surface area contributed by atoms with Gasteiger partial charge in [-0.05, 0) is 19.2 Å². The third-order valence-corrected chi connectivity index (χ3v) is 2.74. The third kappa shape index (κ3) is 2.39. The molecule has 1 atom stereocenters. The van der Waals surface area contributed by atoms with E-state index in [1.54, 1.807) is 0 Å². The Morgan fingerprint density at radius 1 is 1.69 bits per heavy atom. The minimum absolute atomic E-state index is 0.287. The summed E-state index contributed by atoms with van der Waals surface area (Å²) in [6.45, 7) is 4.87. The fraction of sp³-hybridized carbons (Fsp3) is 0.333. The first-order valence-electron chi connectivity index (χ1n) is 5.11. The number of fused-ring (bicyclic) bond motifs is 1. The van der Waals surface area contributed by atoms with Crippen LogP contribution in [0.4, 0.5) is 0 Å². The SMILES string of the molecule is C=C(Br)COc1ccc2c(c1)OCC2NC. The van der Waals surface area contributed by atoms with Crippen LogP contribution in [-0.2, 0) is 0 Å². The van der Waals surface area contributed by atoms with Crippen molar-refractivity contribution in [2.45, 2.75) is 6.04 Å². The molecule has 0 saturated heterocycles. The third-order valence-electron chi connectivity index (χ3n) is 2.51. The van der Waals surface area contributed by atoms with Crippen LogP contribution in [0.15, 0.2) is 29.3 Å². The second-order valence-corrected chi connectivity index (χ2v) is 4.78.